The van der Waals surface area contributed by atoms with Crippen molar-refractivity contribution in [2.24, 2.45) is 0 Å². The van der Waals surface area contributed by atoms with Gasteiger partial charge in [0.2, 0.25) is 0 Å². The fourth-order valence-electron chi connectivity index (χ4n) is 2.16. The molecule has 1 amide bonds. The first kappa shape index (κ1) is 18.9. The van der Waals surface area contributed by atoms with Crippen molar-refractivity contribution in [2.75, 3.05) is 5.32 Å². The van der Waals surface area contributed by atoms with Crippen LogP contribution >= 0.6 is 11.6 Å². The highest BCUT2D eigenvalue weighted by Gasteiger charge is 2.33. The minimum absolute atomic E-state index is 0.0281. The lowest BCUT2D eigenvalue weighted by Gasteiger charge is -2.25. The number of carbonyl (C=O) groups is 2. The second-order valence-corrected chi connectivity index (χ2v) is 6.59. The van der Waals surface area contributed by atoms with E-state index in [1.54, 1.807) is 13.8 Å². The lowest BCUT2D eigenvalue weighted by molar-refractivity contribution is -0.158. The first-order valence-electron chi connectivity index (χ1n) is 7.74. The third-order valence-corrected chi connectivity index (χ3v) is 4.08. The monoisotopic (exact) mass is 363 g/mol. The quantitative estimate of drug-likeness (QED) is 0.804. The van der Waals surface area contributed by atoms with Gasteiger partial charge in [0.05, 0.1) is 11.1 Å². The second kappa shape index (κ2) is 7.66. The fraction of sp³-hybridized carbons (Fsp3) is 0.263. The molecule has 0 saturated carbocycles. The number of carbonyl (C=O) groups excluding carboxylic acids is 2. The average molecular weight is 364 g/mol. The van der Waals surface area contributed by atoms with Crippen molar-refractivity contribution in [3.8, 4) is 0 Å². The van der Waals surface area contributed by atoms with E-state index in [0.29, 0.717) is 0 Å². The van der Waals surface area contributed by atoms with Crippen molar-refractivity contribution < 1.29 is 18.7 Å². The van der Waals surface area contributed by atoms with E-state index in [-0.39, 0.29) is 10.7 Å². The molecule has 132 valence electrons. The predicted octanol–water partition coefficient (Wildman–Crippen LogP) is 4.33. The number of ether oxygens (including phenoxy) is 1. The van der Waals surface area contributed by atoms with Crippen molar-refractivity contribution >= 4 is 29.2 Å². The summed E-state index contributed by atoms with van der Waals surface area (Å²) < 4.78 is 19.0. The Kier molecular flexibility index (Phi) is 5.80. The van der Waals surface area contributed by atoms with Gasteiger partial charge in [0, 0.05) is 5.02 Å². The van der Waals surface area contributed by atoms with Crippen LogP contribution in [0.2, 0.25) is 5.02 Å². The first-order valence-corrected chi connectivity index (χ1v) is 8.12. The largest absolute Gasteiger partial charge is 0.452 e. The van der Waals surface area contributed by atoms with Crippen molar-refractivity contribution in [1.82, 2.24) is 0 Å². The Bertz CT molecular complexity index is 777. The summed E-state index contributed by atoms with van der Waals surface area (Å²) in [6.45, 7) is 4.87. The molecule has 1 N–H and O–H groups in total. The molecule has 0 bridgehead atoms. The van der Waals surface area contributed by atoms with Gasteiger partial charge in [-0.2, -0.15) is 0 Å². The Morgan fingerprint density at radius 3 is 2.40 bits per heavy atom. The number of rotatable bonds is 5. The Balaban J connectivity index is 2.04. The van der Waals surface area contributed by atoms with E-state index in [0.717, 1.165) is 11.6 Å². The van der Waals surface area contributed by atoms with Crippen molar-refractivity contribution in [3.05, 3.63) is 64.9 Å². The van der Waals surface area contributed by atoms with Gasteiger partial charge >= 0.3 is 5.97 Å². The van der Waals surface area contributed by atoms with Crippen LogP contribution in [-0.2, 0) is 19.7 Å². The van der Waals surface area contributed by atoms with Crippen LogP contribution in [-0.4, -0.2) is 18.0 Å². The SMILES string of the molecule is C[C@H](OC(=O)C(C)(C)c1ccccc1)C(=O)Nc1ccc(Cl)cc1F. The maximum absolute atomic E-state index is 13.7. The van der Waals surface area contributed by atoms with Gasteiger partial charge in [0.25, 0.3) is 5.91 Å². The third-order valence-electron chi connectivity index (χ3n) is 3.85. The maximum atomic E-state index is 13.7. The molecule has 0 aliphatic heterocycles. The molecule has 0 heterocycles. The average Bonchev–Trinajstić information content (AvgIpc) is 2.57. The molecule has 0 aliphatic carbocycles. The lowest BCUT2D eigenvalue weighted by Crippen LogP contribution is -2.37. The van der Waals surface area contributed by atoms with Gasteiger partial charge in [-0.25, -0.2) is 4.39 Å². The van der Waals surface area contributed by atoms with Crippen molar-refractivity contribution in [3.63, 3.8) is 0 Å². The number of anilines is 1. The van der Waals surface area contributed by atoms with Crippen LogP contribution in [0.3, 0.4) is 0 Å². The summed E-state index contributed by atoms with van der Waals surface area (Å²) in [5.41, 5.74) is -0.169. The smallest absolute Gasteiger partial charge is 0.316 e. The summed E-state index contributed by atoms with van der Waals surface area (Å²) >= 11 is 5.67. The van der Waals surface area contributed by atoms with E-state index in [1.165, 1.54) is 19.1 Å². The van der Waals surface area contributed by atoms with Gasteiger partial charge in [-0.3, -0.25) is 9.59 Å². The zero-order valence-corrected chi connectivity index (χ0v) is 14.9. The van der Waals surface area contributed by atoms with Crippen molar-refractivity contribution in [2.45, 2.75) is 32.3 Å². The molecule has 0 fully saturated rings. The van der Waals surface area contributed by atoms with Gasteiger partial charge in [-0.05, 0) is 44.5 Å². The van der Waals surface area contributed by atoms with E-state index in [2.05, 4.69) is 5.32 Å². The molecule has 4 nitrogen and oxygen atoms in total. The van der Waals surface area contributed by atoms with Gasteiger partial charge in [0.1, 0.15) is 5.82 Å². The highest BCUT2D eigenvalue weighted by atomic mass is 35.5. The van der Waals surface area contributed by atoms with Crippen LogP contribution in [0.25, 0.3) is 0 Å². The van der Waals surface area contributed by atoms with Crippen LogP contribution in [0.4, 0.5) is 10.1 Å². The van der Waals surface area contributed by atoms with Gasteiger partial charge < -0.3 is 10.1 Å². The molecule has 6 heteroatoms. The summed E-state index contributed by atoms with van der Waals surface area (Å²) in [6, 6.07) is 13.0. The molecule has 2 aromatic rings. The molecule has 0 spiro atoms. The van der Waals surface area contributed by atoms with Crippen LogP contribution in [0, 0.1) is 5.82 Å². The Morgan fingerprint density at radius 2 is 1.80 bits per heavy atom. The number of halogens is 2. The van der Waals surface area contributed by atoms with Gasteiger partial charge in [-0.1, -0.05) is 41.9 Å². The van der Waals surface area contributed by atoms with Crippen LogP contribution < -0.4 is 5.32 Å². The van der Waals surface area contributed by atoms with Gasteiger partial charge in [0.15, 0.2) is 6.10 Å². The van der Waals surface area contributed by atoms with E-state index in [4.69, 9.17) is 16.3 Å². The fourth-order valence-corrected chi connectivity index (χ4v) is 2.32. The predicted molar refractivity (Wildman–Crippen MR) is 95.1 cm³/mol. The van der Waals surface area contributed by atoms with E-state index in [9.17, 15) is 14.0 Å². The standard InChI is InChI=1S/C19H19ClFNO3/c1-12(17(23)22-16-10-9-14(20)11-15(16)21)25-18(24)19(2,3)13-7-5-4-6-8-13/h4-12H,1-3H3,(H,22,23)/t12-/m0/s1. The first-order chi connectivity index (χ1) is 11.7. The zero-order valence-electron chi connectivity index (χ0n) is 14.2. The minimum atomic E-state index is -1.08. The summed E-state index contributed by atoms with van der Waals surface area (Å²) in [5, 5.41) is 2.61. The third kappa shape index (κ3) is 4.57. The van der Waals surface area contributed by atoms with Crippen LogP contribution in [0.15, 0.2) is 48.5 Å². The van der Waals surface area contributed by atoms with Crippen molar-refractivity contribution in [1.29, 1.82) is 0 Å². The Labute approximate surface area is 150 Å². The molecule has 25 heavy (non-hydrogen) atoms. The molecule has 0 aliphatic rings. The van der Waals surface area contributed by atoms with Crippen LogP contribution in [0.1, 0.15) is 26.3 Å². The number of nitrogens with one attached hydrogen (secondary N) is 1. The highest BCUT2D eigenvalue weighted by molar-refractivity contribution is 6.30. The molecule has 1 atom stereocenters. The molecule has 0 saturated heterocycles. The molecule has 0 unspecified atom stereocenters. The molecule has 0 aromatic heterocycles. The summed E-state index contributed by atoms with van der Waals surface area (Å²) in [4.78, 5) is 24.6. The molecule has 2 aromatic carbocycles. The molecular weight excluding hydrogens is 345 g/mol. The summed E-state index contributed by atoms with van der Waals surface area (Å²) in [7, 11) is 0. The topological polar surface area (TPSA) is 55.4 Å². The number of hydrogen-bond donors (Lipinski definition) is 1. The zero-order chi connectivity index (χ0) is 18.6. The van der Waals surface area contributed by atoms with E-state index < -0.39 is 29.2 Å². The second-order valence-electron chi connectivity index (χ2n) is 6.15. The Hall–Kier alpha value is -2.40. The number of benzene rings is 2. The minimum Gasteiger partial charge on any atom is -0.452 e. The number of amides is 1. The lowest BCUT2D eigenvalue weighted by atomic mass is 9.85. The highest BCUT2D eigenvalue weighted by Crippen LogP contribution is 2.25. The van der Waals surface area contributed by atoms with Crippen LogP contribution in [0.5, 0.6) is 0 Å². The van der Waals surface area contributed by atoms with E-state index in [1.807, 2.05) is 30.3 Å². The maximum Gasteiger partial charge on any atom is 0.316 e. The molecular formula is C19H19ClFNO3. The Morgan fingerprint density at radius 1 is 1.16 bits per heavy atom. The molecule has 0 radical (unpaired) electrons. The summed E-state index contributed by atoms with van der Waals surface area (Å²) in [6.07, 6.45) is -1.08. The molecule has 2 rings (SSSR count). The van der Waals surface area contributed by atoms with Gasteiger partial charge in [-0.15, -0.1) is 0 Å². The normalized spacial score (nSPS) is 12.4. The van der Waals surface area contributed by atoms with E-state index >= 15 is 0 Å². The number of esters is 1. The number of hydrogen-bond acceptors (Lipinski definition) is 3. The summed E-state index contributed by atoms with van der Waals surface area (Å²) in [5.74, 6) is -1.83.